The second-order valence-electron chi connectivity index (χ2n) is 5.01. The van der Waals surface area contributed by atoms with Gasteiger partial charge < -0.3 is 15.5 Å². The highest BCUT2D eigenvalue weighted by Gasteiger charge is 2.13. The van der Waals surface area contributed by atoms with Crippen molar-refractivity contribution in [2.45, 2.75) is 33.3 Å². The first kappa shape index (κ1) is 14.5. The molecule has 4 nitrogen and oxygen atoms in total. The predicted octanol–water partition coefficient (Wildman–Crippen LogP) is 1.84. The number of aromatic hydroxyl groups is 1. The summed E-state index contributed by atoms with van der Waals surface area (Å²) in [5, 5.41) is 21.9. The predicted molar refractivity (Wildman–Crippen MR) is 70.6 cm³/mol. The summed E-state index contributed by atoms with van der Waals surface area (Å²) in [4.78, 5) is 11.8. The molecule has 0 aliphatic rings. The van der Waals surface area contributed by atoms with Crippen LogP contribution in [-0.4, -0.2) is 28.8 Å². The summed E-state index contributed by atoms with van der Waals surface area (Å²) in [6, 6.07) is 4.86. The Balaban J connectivity index is 2.58. The summed E-state index contributed by atoms with van der Waals surface area (Å²) in [6.07, 6.45) is 0.0842. The quantitative estimate of drug-likeness (QED) is 0.748. The van der Waals surface area contributed by atoms with Crippen LogP contribution >= 0.6 is 0 Å². The third-order valence-corrected chi connectivity index (χ3v) is 2.64. The van der Waals surface area contributed by atoms with Gasteiger partial charge in [0.25, 0.3) is 5.91 Å². The summed E-state index contributed by atoms with van der Waals surface area (Å²) in [6.45, 7) is 6.07. The summed E-state index contributed by atoms with van der Waals surface area (Å²) < 4.78 is 0. The van der Waals surface area contributed by atoms with Crippen molar-refractivity contribution in [1.29, 1.82) is 0 Å². The van der Waals surface area contributed by atoms with Crippen LogP contribution in [0.3, 0.4) is 0 Å². The SMILES string of the molecule is Cc1ccc(O)c(C(=O)NCC(O)CC(C)C)c1. The van der Waals surface area contributed by atoms with E-state index in [2.05, 4.69) is 5.32 Å². The van der Waals surface area contributed by atoms with Crippen LogP contribution in [0, 0.1) is 12.8 Å². The number of nitrogens with one attached hydrogen (secondary N) is 1. The highest BCUT2D eigenvalue weighted by molar-refractivity contribution is 5.96. The average molecular weight is 251 g/mol. The number of carbonyl (C=O) groups excluding carboxylic acids is 1. The number of phenolic OH excluding ortho intramolecular Hbond substituents is 1. The molecule has 1 unspecified atom stereocenters. The standard InChI is InChI=1S/C14H21NO3/c1-9(2)6-11(16)8-15-14(18)12-7-10(3)4-5-13(12)17/h4-5,7,9,11,16-17H,6,8H2,1-3H3,(H,15,18). The van der Waals surface area contributed by atoms with E-state index >= 15 is 0 Å². The molecule has 0 aliphatic carbocycles. The zero-order valence-corrected chi connectivity index (χ0v) is 11.1. The molecule has 1 atom stereocenters. The van der Waals surface area contributed by atoms with Crippen molar-refractivity contribution in [2.24, 2.45) is 5.92 Å². The Morgan fingerprint density at radius 3 is 2.67 bits per heavy atom. The van der Waals surface area contributed by atoms with Crippen molar-refractivity contribution in [3.05, 3.63) is 29.3 Å². The van der Waals surface area contributed by atoms with Gasteiger partial charge in [-0.2, -0.15) is 0 Å². The lowest BCUT2D eigenvalue weighted by molar-refractivity contribution is 0.0897. The van der Waals surface area contributed by atoms with Gasteiger partial charge in [0, 0.05) is 6.54 Å². The Bertz CT molecular complexity index is 416. The lowest BCUT2D eigenvalue weighted by Gasteiger charge is -2.14. The topological polar surface area (TPSA) is 69.6 Å². The van der Waals surface area contributed by atoms with E-state index in [4.69, 9.17) is 0 Å². The Labute approximate surface area is 108 Å². The van der Waals surface area contributed by atoms with Crippen LogP contribution in [0.25, 0.3) is 0 Å². The van der Waals surface area contributed by atoms with E-state index in [1.165, 1.54) is 6.07 Å². The minimum atomic E-state index is -0.555. The molecule has 0 heterocycles. The maximum atomic E-state index is 11.8. The molecule has 0 radical (unpaired) electrons. The van der Waals surface area contributed by atoms with Crippen LogP contribution in [0.4, 0.5) is 0 Å². The van der Waals surface area contributed by atoms with Gasteiger partial charge >= 0.3 is 0 Å². The molecule has 18 heavy (non-hydrogen) atoms. The van der Waals surface area contributed by atoms with Gasteiger partial charge in [0.1, 0.15) is 5.75 Å². The first-order valence-corrected chi connectivity index (χ1v) is 6.16. The lowest BCUT2D eigenvalue weighted by atomic mass is 10.1. The van der Waals surface area contributed by atoms with Crippen LogP contribution in [0.5, 0.6) is 5.75 Å². The first-order chi connectivity index (χ1) is 8.40. The van der Waals surface area contributed by atoms with Gasteiger partial charge in [-0.05, 0) is 31.4 Å². The molecule has 0 bridgehead atoms. The Morgan fingerprint density at radius 1 is 1.39 bits per heavy atom. The third kappa shape index (κ3) is 4.37. The van der Waals surface area contributed by atoms with Crippen molar-refractivity contribution in [3.8, 4) is 5.75 Å². The number of phenols is 1. The smallest absolute Gasteiger partial charge is 0.255 e. The highest BCUT2D eigenvalue weighted by Crippen LogP contribution is 2.17. The number of rotatable bonds is 5. The number of aryl methyl sites for hydroxylation is 1. The molecule has 1 aromatic rings. The number of hydrogen-bond donors (Lipinski definition) is 3. The van der Waals surface area contributed by atoms with Crippen LogP contribution in [-0.2, 0) is 0 Å². The summed E-state index contributed by atoms with van der Waals surface area (Å²) >= 11 is 0. The normalized spacial score (nSPS) is 12.5. The summed E-state index contributed by atoms with van der Waals surface area (Å²) in [5.41, 5.74) is 1.15. The summed E-state index contributed by atoms with van der Waals surface area (Å²) in [7, 11) is 0. The Hall–Kier alpha value is -1.55. The van der Waals surface area contributed by atoms with Gasteiger partial charge in [-0.15, -0.1) is 0 Å². The Kier molecular flexibility index (Phi) is 5.16. The van der Waals surface area contributed by atoms with Crippen molar-refractivity contribution < 1.29 is 15.0 Å². The van der Waals surface area contributed by atoms with Crippen molar-refractivity contribution >= 4 is 5.91 Å². The van der Waals surface area contributed by atoms with E-state index in [1.54, 1.807) is 12.1 Å². The number of benzene rings is 1. The van der Waals surface area contributed by atoms with E-state index in [0.29, 0.717) is 12.3 Å². The molecule has 4 heteroatoms. The van der Waals surface area contributed by atoms with Crippen LogP contribution in [0.1, 0.15) is 36.2 Å². The fraction of sp³-hybridized carbons (Fsp3) is 0.500. The Morgan fingerprint density at radius 2 is 2.06 bits per heavy atom. The van der Waals surface area contributed by atoms with Gasteiger partial charge in [-0.1, -0.05) is 25.5 Å². The van der Waals surface area contributed by atoms with Crippen molar-refractivity contribution in [2.75, 3.05) is 6.54 Å². The zero-order chi connectivity index (χ0) is 13.7. The molecular formula is C14H21NO3. The van der Waals surface area contributed by atoms with Gasteiger partial charge in [0.15, 0.2) is 0 Å². The second-order valence-corrected chi connectivity index (χ2v) is 5.01. The van der Waals surface area contributed by atoms with Crippen LogP contribution in [0.15, 0.2) is 18.2 Å². The lowest BCUT2D eigenvalue weighted by Crippen LogP contribution is -2.32. The monoisotopic (exact) mass is 251 g/mol. The average Bonchev–Trinajstić information content (AvgIpc) is 2.28. The molecule has 3 N–H and O–H groups in total. The van der Waals surface area contributed by atoms with Crippen molar-refractivity contribution in [1.82, 2.24) is 5.32 Å². The largest absolute Gasteiger partial charge is 0.507 e. The molecule has 0 saturated carbocycles. The maximum Gasteiger partial charge on any atom is 0.255 e. The molecule has 1 aromatic carbocycles. The van der Waals surface area contributed by atoms with E-state index in [9.17, 15) is 15.0 Å². The fourth-order valence-electron chi connectivity index (χ4n) is 1.76. The molecule has 1 amide bonds. The molecule has 0 aliphatic heterocycles. The number of hydrogen-bond acceptors (Lipinski definition) is 3. The van der Waals surface area contributed by atoms with E-state index < -0.39 is 6.10 Å². The van der Waals surface area contributed by atoms with Gasteiger partial charge in [0.2, 0.25) is 0 Å². The number of aliphatic hydroxyl groups excluding tert-OH is 1. The fourth-order valence-corrected chi connectivity index (χ4v) is 1.76. The van der Waals surface area contributed by atoms with Gasteiger partial charge in [0.05, 0.1) is 11.7 Å². The molecule has 0 aromatic heterocycles. The zero-order valence-electron chi connectivity index (χ0n) is 11.1. The molecular weight excluding hydrogens is 230 g/mol. The number of carbonyl (C=O) groups is 1. The van der Waals surface area contributed by atoms with E-state index in [-0.39, 0.29) is 23.8 Å². The van der Waals surface area contributed by atoms with Crippen LogP contribution < -0.4 is 5.32 Å². The first-order valence-electron chi connectivity index (χ1n) is 6.16. The van der Waals surface area contributed by atoms with Gasteiger partial charge in [-0.3, -0.25) is 4.79 Å². The van der Waals surface area contributed by atoms with Crippen LogP contribution in [0.2, 0.25) is 0 Å². The van der Waals surface area contributed by atoms with E-state index in [0.717, 1.165) is 5.56 Å². The summed E-state index contributed by atoms with van der Waals surface area (Å²) in [5.74, 6) is -0.0280. The number of aliphatic hydroxyl groups is 1. The maximum absolute atomic E-state index is 11.8. The molecule has 100 valence electrons. The van der Waals surface area contributed by atoms with Crippen molar-refractivity contribution in [3.63, 3.8) is 0 Å². The third-order valence-electron chi connectivity index (χ3n) is 2.64. The van der Waals surface area contributed by atoms with Gasteiger partial charge in [-0.25, -0.2) is 0 Å². The molecule has 1 rings (SSSR count). The minimum Gasteiger partial charge on any atom is -0.507 e. The highest BCUT2D eigenvalue weighted by atomic mass is 16.3. The molecule has 0 fully saturated rings. The number of amides is 1. The molecule has 0 saturated heterocycles. The minimum absolute atomic E-state index is 0.0450. The molecule has 0 spiro atoms. The second kappa shape index (κ2) is 6.40. The van der Waals surface area contributed by atoms with E-state index in [1.807, 2.05) is 20.8 Å².